The van der Waals surface area contributed by atoms with Crippen LogP contribution in [0.2, 0.25) is 5.02 Å². The lowest BCUT2D eigenvalue weighted by Crippen LogP contribution is -2.54. The summed E-state index contributed by atoms with van der Waals surface area (Å²) in [7, 11) is 0. The van der Waals surface area contributed by atoms with Gasteiger partial charge in [-0.15, -0.1) is 0 Å². The number of ether oxygens (including phenoxy) is 1. The summed E-state index contributed by atoms with van der Waals surface area (Å²) in [4.78, 5) is 51.6. The van der Waals surface area contributed by atoms with Crippen molar-refractivity contribution in [3.63, 3.8) is 0 Å². The van der Waals surface area contributed by atoms with Crippen molar-refractivity contribution in [3.8, 4) is 5.75 Å². The average molecular weight is 676 g/mol. The highest BCUT2D eigenvalue weighted by Crippen LogP contribution is 2.36. The predicted molar refractivity (Wildman–Crippen MR) is 157 cm³/mol. The summed E-state index contributed by atoms with van der Waals surface area (Å²) in [6.45, 7) is 5.38. The summed E-state index contributed by atoms with van der Waals surface area (Å²) in [5.41, 5.74) is 3.89. The summed E-state index contributed by atoms with van der Waals surface area (Å²) >= 11 is 13.0. The zero-order valence-electron chi connectivity index (χ0n) is 21.0. The van der Waals surface area contributed by atoms with Gasteiger partial charge in [-0.25, -0.2) is 9.69 Å². The number of benzene rings is 3. The number of nitrogens with zero attached hydrogens (tertiary/aromatic N) is 1. The molecule has 0 spiro atoms. The second-order valence-electron chi connectivity index (χ2n) is 8.86. The molecule has 5 amide bonds. The lowest BCUT2D eigenvalue weighted by atomic mass is 10.1. The Bertz CT molecular complexity index is 1550. The second kappa shape index (κ2) is 11.7. The Kier molecular flexibility index (Phi) is 8.58. The molecule has 2 N–H and O–H groups in total. The van der Waals surface area contributed by atoms with Gasteiger partial charge in [0.15, 0.2) is 6.61 Å². The first-order valence-electron chi connectivity index (χ1n) is 11.6. The number of carbonyl (C=O) groups excluding carboxylic acids is 4. The molecule has 8 nitrogen and oxygen atoms in total. The number of carbonyl (C=O) groups is 4. The maximum Gasteiger partial charge on any atom is 0.335 e. The second-order valence-corrected chi connectivity index (χ2v) is 11.0. The van der Waals surface area contributed by atoms with E-state index in [2.05, 4.69) is 42.5 Å². The molecular formula is C28H22Br2ClN3O5. The lowest BCUT2D eigenvalue weighted by molar-refractivity contribution is -0.122. The highest BCUT2D eigenvalue weighted by atomic mass is 79.9. The Morgan fingerprint density at radius 2 is 1.67 bits per heavy atom. The molecule has 1 heterocycles. The quantitative estimate of drug-likeness (QED) is 0.230. The molecule has 1 saturated heterocycles. The molecule has 11 heteroatoms. The Hall–Kier alpha value is -3.47. The SMILES string of the molecule is Cc1ccc(C)c(NC(=O)COc2c(Br)cc(/C=C3\C(=O)NC(=O)N(c4ccc(C)c(Cl)c4)C3=O)cc2Br)c1. The number of amides is 5. The van der Waals surface area contributed by atoms with Crippen LogP contribution in [0.1, 0.15) is 22.3 Å². The number of nitrogens with one attached hydrogen (secondary N) is 2. The van der Waals surface area contributed by atoms with Crippen LogP contribution >= 0.6 is 43.5 Å². The van der Waals surface area contributed by atoms with Gasteiger partial charge < -0.3 is 10.1 Å². The molecule has 0 atom stereocenters. The normalized spacial score (nSPS) is 14.5. The molecule has 0 bridgehead atoms. The number of barbiturate groups is 1. The van der Waals surface area contributed by atoms with Gasteiger partial charge in [0.05, 0.1) is 14.6 Å². The number of urea groups is 1. The summed E-state index contributed by atoms with van der Waals surface area (Å²) < 4.78 is 6.68. The molecule has 3 aromatic rings. The number of anilines is 2. The Morgan fingerprint density at radius 1 is 1.00 bits per heavy atom. The van der Waals surface area contributed by atoms with Crippen molar-refractivity contribution in [1.29, 1.82) is 0 Å². The molecule has 4 rings (SSSR count). The topological polar surface area (TPSA) is 105 Å². The molecular weight excluding hydrogens is 654 g/mol. The monoisotopic (exact) mass is 673 g/mol. The zero-order chi connectivity index (χ0) is 28.4. The van der Waals surface area contributed by atoms with Gasteiger partial charge in [-0.3, -0.25) is 19.7 Å². The minimum absolute atomic E-state index is 0.233. The number of aryl methyl sites for hydroxylation is 3. The van der Waals surface area contributed by atoms with Crippen molar-refractivity contribution in [2.45, 2.75) is 20.8 Å². The van der Waals surface area contributed by atoms with Crippen molar-refractivity contribution in [3.05, 3.63) is 90.3 Å². The molecule has 0 saturated carbocycles. The molecule has 0 aliphatic carbocycles. The third kappa shape index (κ3) is 6.41. The first kappa shape index (κ1) is 28.5. The van der Waals surface area contributed by atoms with Crippen LogP contribution in [0.5, 0.6) is 5.75 Å². The molecule has 0 aromatic heterocycles. The standard InChI is InChI=1S/C28H22Br2ClN3O5/c1-14-4-5-16(3)23(8-14)32-24(35)13-39-25-20(29)10-17(11-21(25)30)9-19-26(36)33-28(38)34(27(19)37)18-7-6-15(2)22(31)12-18/h4-12H,13H2,1-3H3,(H,32,35)(H,33,36,38)/b19-9+. The van der Waals surface area contributed by atoms with Gasteiger partial charge >= 0.3 is 6.03 Å². The van der Waals surface area contributed by atoms with E-state index in [-0.39, 0.29) is 23.8 Å². The minimum Gasteiger partial charge on any atom is -0.481 e. The third-order valence-corrected chi connectivity index (χ3v) is 7.45. The molecule has 39 heavy (non-hydrogen) atoms. The molecule has 0 radical (unpaired) electrons. The van der Waals surface area contributed by atoms with E-state index in [1.807, 2.05) is 32.0 Å². The number of hydrogen-bond donors (Lipinski definition) is 2. The van der Waals surface area contributed by atoms with Crippen LogP contribution < -0.4 is 20.3 Å². The fourth-order valence-corrected chi connectivity index (χ4v) is 5.40. The smallest absolute Gasteiger partial charge is 0.335 e. The van der Waals surface area contributed by atoms with Crippen molar-refractivity contribution in [1.82, 2.24) is 5.32 Å². The van der Waals surface area contributed by atoms with E-state index in [1.54, 1.807) is 31.2 Å². The van der Waals surface area contributed by atoms with Gasteiger partial charge in [0.25, 0.3) is 17.7 Å². The van der Waals surface area contributed by atoms with E-state index in [4.69, 9.17) is 16.3 Å². The predicted octanol–water partition coefficient (Wildman–Crippen LogP) is 6.47. The first-order chi connectivity index (χ1) is 18.4. The summed E-state index contributed by atoms with van der Waals surface area (Å²) in [6, 6.07) is 12.9. The van der Waals surface area contributed by atoms with Crippen LogP contribution in [0, 0.1) is 20.8 Å². The summed E-state index contributed by atoms with van der Waals surface area (Å²) in [5.74, 6) is -1.59. The van der Waals surface area contributed by atoms with Crippen LogP contribution in [0.3, 0.4) is 0 Å². The number of imide groups is 2. The average Bonchev–Trinajstić information content (AvgIpc) is 2.85. The Balaban J connectivity index is 1.53. The fraction of sp³-hybridized carbons (Fsp3) is 0.143. The molecule has 1 fully saturated rings. The van der Waals surface area contributed by atoms with Crippen molar-refractivity contribution in [2.24, 2.45) is 0 Å². The maximum absolute atomic E-state index is 13.2. The van der Waals surface area contributed by atoms with E-state index in [1.165, 1.54) is 12.1 Å². The maximum atomic E-state index is 13.2. The van der Waals surface area contributed by atoms with Crippen molar-refractivity contribution in [2.75, 3.05) is 16.8 Å². The molecule has 200 valence electrons. The van der Waals surface area contributed by atoms with E-state index in [0.717, 1.165) is 21.6 Å². The van der Waals surface area contributed by atoms with Crippen LogP contribution in [-0.2, 0) is 14.4 Å². The first-order valence-corrected chi connectivity index (χ1v) is 13.6. The van der Waals surface area contributed by atoms with Gasteiger partial charge in [0.1, 0.15) is 11.3 Å². The third-order valence-electron chi connectivity index (χ3n) is 5.86. The summed E-state index contributed by atoms with van der Waals surface area (Å²) in [6.07, 6.45) is 1.36. The molecule has 1 aliphatic heterocycles. The van der Waals surface area contributed by atoms with Crippen molar-refractivity contribution < 1.29 is 23.9 Å². The van der Waals surface area contributed by atoms with Crippen LogP contribution in [0.15, 0.2) is 63.0 Å². The van der Waals surface area contributed by atoms with Gasteiger partial charge in [0.2, 0.25) is 0 Å². The minimum atomic E-state index is -0.868. The lowest BCUT2D eigenvalue weighted by Gasteiger charge is -2.26. The zero-order valence-corrected chi connectivity index (χ0v) is 25.0. The molecule has 3 aromatic carbocycles. The van der Waals surface area contributed by atoms with Gasteiger partial charge in [0, 0.05) is 10.7 Å². The number of hydrogen-bond acceptors (Lipinski definition) is 5. The highest BCUT2D eigenvalue weighted by Gasteiger charge is 2.37. The van der Waals surface area contributed by atoms with Crippen LogP contribution in [0.4, 0.5) is 16.2 Å². The summed E-state index contributed by atoms with van der Waals surface area (Å²) in [5, 5.41) is 5.40. The molecule has 0 unspecified atom stereocenters. The van der Waals surface area contributed by atoms with Crippen LogP contribution in [-0.4, -0.2) is 30.4 Å². The van der Waals surface area contributed by atoms with Gasteiger partial charge in [-0.05, 0) is 111 Å². The van der Waals surface area contributed by atoms with E-state index in [0.29, 0.717) is 31.0 Å². The highest BCUT2D eigenvalue weighted by molar-refractivity contribution is 9.11. The Morgan fingerprint density at radius 3 is 2.33 bits per heavy atom. The van der Waals surface area contributed by atoms with E-state index < -0.39 is 17.8 Å². The Labute approximate surface area is 246 Å². The van der Waals surface area contributed by atoms with Crippen molar-refractivity contribution >= 4 is 84.7 Å². The van der Waals surface area contributed by atoms with Gasteiger partial charge in [-0.1, -0.05) is 29.8 Å². The van der Waals surface area contributed by atoms with E-state index >= 15 is 0 Å². The largest absolute Gasteiger partial charge is 0.481 e. The number of halogens is 3. The van der Waals surface area contributed by atoms with Crippen LogP contribution in [0.25, 0.3) is 6.08 Å². The number of rotatable bonds is 6. The van der Waals surface area contributed by atoms with Gasteiger partial charge in [-0.2, -0.15) is 0 Å². The van der Waals surface area contributed by atoms with E-state index in [9.17, 15) is 19.2 Å². The fourth-order valence-electron chi connectivity index (χ4n) is 3.77. The molecule has 1 aliphatic rings.